The van der Waals surface area contributed by atoms with Crippen molar-refractivity contribution in [2.24, 2.45) is 0 Å². The lowest BCUT2D eigenvalue weighted by Gasteiger charge is -2.27. The quantitative estimate of drug-likeness (QED) is 0.899. The Morgan fingerprint density at radius 2 is 2.06 bits per heavy atom. The predicted octanol–water partition coefficient (Wildman–Crippen LogP) is 2.15. The number of nitrogens with one attached hydrogen (secondary N) is 1. The highest BCUT2D eigenvalue weighted by Crippen LogP contribution is 2.17. The summed E-state index contributed by atoms with van der Waals surface area (Å²) in [5, 5.41) is 3.25. The minimum Gasteiger partial charge on any atom is -0.340 e. The second kappa shape index (κ2) is 7.12. The van der Waals surface area contributed by atoms with Gasteiger partial charge in [0.05, 0.1) is 6.42 Å². The van der Waals surface area contributed by atoms with E-state index in [1.54, 1.807) is 0 Å². The number of hydrogen-bond acceptors (Lipinski definition) is 2. The number of hydrogen-bond donors (Lipinski definition) is 1. The predicted molar refractivity (Wildman–Crippen MR) is 79.3 cm³/mol. The van der Waals surface area contributed by atoms with Crippen LogP contribution in [0.15, 0.2) is 22.7 Å². The number of amides is 1. The third-order valence-corrected chi connectivity index (χ3v) is 3.61. The maximum Gasteiger partial charge on any atom is 0.227 e. The average Bonchev–Trinajstić information content (AvgIpc) is 2.34. The largest absolute Gasteiger partial charge is 0.340 e. The Morgan fingerprint density at radius 3 is 2.67 bits per heavy atom. The van der Waals surface area contributed by atoms with Crippen LogP contribution in [0, 0.1) is 6.92 Å². The molecule has 0 unspecified atom stereocenters. The van der Waals surface area contributed by atoms with Gasteiger partial charge < -0.3 is 10.2 Å². The molecule has 1 heterocycles. The van der Waals surface area contributed by atoms with Crippen LogP contribution < -0.4 is 5.32 Å². The van der Waals surface area contributed by atoms with Crippen molar-refractivity contribution in [1.29, 1.82) is 0 Å². The summed E-state index contributed by atoms with van der Waals surface area (Å²) in [7, 11) is 0. The summed E-state index contributed by atoms with van der Waals surface area (Å²) in [6.45, 7) is 5.52. The van der Waals surface area contributed by atoms with E-state index in [1.165, 1.54) is 5.56 Å². The molecule has 0 aliphatic carbocycles. The SMILES string of the molecule is Cc1cc(Br)ccc1CC(=O)N1CCNCC1.Cl. The first-order chi connectivity index (χ1) is 8.16. The Balaban J connectivity index is 0.00000162. The Morgan fingerprint density at radius 1 is 1.39 bits per heavy atom. The first-order valence-corrected chi connectivity index (χ1v) is 6.69. The van der Waals surface area contributed by atoms with Gasteiger partial charge in [0.1, 0.15) is 0 Å². The van der Waals surface area contributed by atoms with E-state index >= 15 is 0 Å². The van der Waals surface area contributed by atoms with Gasteiger partial charge in [-0.05, 0) is 30.2 Å². The molecule has 3 nitrogen and oxygen atoms in total. The fourth-order valence-electron chi connectivity index (χ4n) is 2.05. The average molecular weight is 334 g/mol. The van der Waals surface area contributed by atoms with Crippen LogP contribution in [0.3, 0.4) is 0 Å². The van der Waals surface area contributed by atoms with Crippen LogP contribution in [0.5, 0.6) is 0 Å². The zero-order valence-electron chi connectivity index (χ0n) is 10.4. The van der Waals surface area contributed by atoms with E-state index in [0.29, 0.717) is 6.42 Å². The van der Waals surface area contributed by atoms with Gasteiger partial charge in [0.15, 0.2) is 0 Å². The van der Waals surface area contributed by atoms with Crippen molar-refractivity contribution >= 4 is 34.2 Å². The van der Waals surface area contributed by atoms with Crippen LogP contribution in [-0.4, -0.2) is 37.0 Å². The van der Waals surface area contributed by atoms with Gasteiger partial charge in [-0.25, -0.2) is 0 Å². The molecule has 2 rings (SSSR count). The standard InChI is InChI=1S/C13H17BrN2O.ClH/c1-10-8-12(14)3-2-11(10)9-13(17)16-6-4-15-5-7-16;/h2-3,8,15H,4-7,9H2,1H3;1H. The summed E-state index contributed by atoms with van der Waals surface area (Å²) in [6.07, 6.45) is 0.513. The molecule has 0 aromatic heterocycles. The van der Waals surface area contributed by atoms with Gasteiger partial charge in [0.25, 0.3) is 0 Å². The second-order valence-electron chi connectivity index (χ2n) is 4.38. The number of piperazine rings is 1. The van der Waals surface area contributed by atoms with Crippen molar-refractivity contribution in [3.05, 3.63) is 33.8 Å². The normalized spacial score (nSPS) is 15.1. The number of carbonyl (C=O) groups is 1. The van der Waals surface area contributed by atoms with E-state index in [4.69, 9.17) is 0 Å². The lowest BCUT2D eigenvalue weighted by atomic mass is 10.1. The lowest BCUT2D eigenvalue weighted by molar-refractivity contribution is -0.131. The number of aryl methyl sites for hydroxylation is 1. The summed E-state index contributed by atoms with van der Waals surface area (Å²) < 4.78 is 1.06. The maximum atomic E-state index is 12.1. The van der Waals surface area contributed by atoms with Gasteiger partial charge in [0.2, 0.25) is 5.91 Å². The Bertz CT molecular complexity index is 419. The van der Waals surface area contributed by atoms with Gasteiger partial charge in [0, 0.05) is 30.7 Å². The van der Waals surface area contributed by atoms with E-state index in [0.717, 1.165) is 36.2 Å². The first-order valence-electron chi connectivity index (χ1n) is 5.90. The molecule has 18 heavy (non-hydrogen) atoms. The second-order valence-corrected chi connectivity index (χ2v) is 5.29. The molecule has 0 radical (unpaired) electrons. The topological polar surface area (TPSA) is 32.3 Å². The van der Waals surface area contributed by atoms with Crippen molar-refractivity contribution in [2.75, 3.05) is 26.2 Å². The molecular formula is C13H18BrClN2O. The number of benzene rings is 1. The number of carbonyl (C=O) groups excluding carboxylic acids is 1. The molecule has 1 aromatic rings. The van der Waals surface area contributed by atoms with Gasteiger partial charge in [-0.15, -0.1) is 12.4 Å². The van der Waals surface area contributed by atoms with E-state index in [9.17, 15) is 4.79 Å². The third kappa shape index (κ3) is 3.97. The molecule has 1 aliphatic heterocycles. The van der Waals surface area contributed by atoms with Crippen LogP contribution >= 0.6 is 28.3 Å². The summed E-state index contributed by atoms with van der Waals surface area (Å²) >= 11 is 3.44. The summed E-state index contributed by atoms with van der Waals surface area (Å²) in [4.78, 5) is 14.0. The first kappa shape index (κ1) is 15.5. The van der Waals surface area contributed by atoms with Crippen molar-refractivity contribution in [3.63, 3.8) is 0 Å². The van der Waals surface area contributed by atoms with Crippen molar-refractivity contribution in [1.82, 2.24) is 10.2 Å². The Kier molecular flexibility index (Phi) is 6.12. The summed E-state index contributed by atoms with van der Waals surface area (Å²) in [5.41, 5.74) is 2.29. The van der Waals surface area contributed by atoms with Crippen LogP contribution in [0.1, 0.15) is 11.1 Å². The Labute approximate surface area is 122 Å². The lowest BCUT2D eigenvalue weighted by Crippen LogP contribution is -2.47. The Hall–Kier alpha value is -0.580. The number of rotatable bonds is 2. The molecule has 1 N–H and O–H groups in total. The molecule has 0 saturated carbocycles. The summed E-state index contributed by atoms with van der Waals surface area (Å²) in [6, 6.07) is 6.08. The monoisotopic (exact) mass is 332 g/mol. The number of halogens is 2. The molecule has 0 spiro atoms. The summed E-state index contributed by atoms with van der Waals surface area (Å²) in [5.74, 6) is 0.233. The van der Waals surface area contributed by atoms with Gasteiger partial charge in [-0.1, -0.05) is 22.0 Å². The van der Waals surface area contributed by atoms with Crippen molar-refractivity contribution < 1.29 is 4.79 Å². The van der Waals surface area contributed by atoms with Crippen LogP contribution in [-0.2, 0) is 11.2 Å². The van der Waals surface area contributed by atoms with Crippen molar-refractivity contribution in [2.45, 2.75) is 13.3 Å². The fourth-order valence-corrected chi connectivity index (χ4v) is 2.52. The number of nitrogens with zero attached hydrogens (tertiary/aromatic N) is 1. The van der Waals surface area contributed by atoms with E-state index in [2.05, 4.69) is 27.3 Å². The maximum absolute atomic E-state index is 12.1. The molecule has 100 valence electrons. The van der Waals surface area contributed by atoms with E-state index in [-0.39, 0.29) is 18.3 Å². The third-order valence-electron chi connectivity index (χ3n) is 3.12. The molecule has 1 saturated heterocycles. The highest BCUT2D eigenvalue weighted by molar-refractivity contribution is 9.10. The van der Waals surface area contributed by atoms with Gasteiger partial charge in [-0.3, -0.25) is 4.79 Å². The fraction of sp³-hybridized carbons (Fsp3) is 0.462. The molecule has 0 atom stereocenters. The van der Waals surface area contributed by atoms with Gasteiger partial charge >= 0.3 is 0 Å². The van der Waals surface area contributed by atoms with Crippen LogP contribution in [0.25, 0.3) is 0 Å². The van der Waals surface area contributed by atoms with E-state index in [1.807, 2.05) is 24.0 Å². The van der Waals surface area contributed by atoms with Crippen molar-refractivity contribution in [3.8, 4) is 0 Å². The molecule has 0 bridgehead atoms. The molecule has 1 aliphatic rings. The minimum atomic E-state index is 0. The molecule has 1 amide bonds. The van der Waals surface area contributed by atoms with Gasteiger partial charge in [-0.2, -0.15) is 0 Å². The zero-order valence-corrected chi connectivity index (χ0v) is 12.8. The van der Waals surface area contributed by atoms with E-state index < -0.39 is 0 Å². The molecule has 1 aromatic carbocycles. The highest BCUT2D eigenvalue weighted by Gasteiger charge is 2.16. The zero-order chi connectivity index (χ0) is 12.3. The highest BCUT2D eigenvalue weighted by atomic mass is 79.9. The molecule has 1 fully saturated rings. The minimum absolute atomic E-state index is 0. The molecule has 5 heteroatoms. The van der Waals surface area contributed by atoms with Crippen LogP contribution in [0.4, 0.5) is 0 Å². The molecular weight excluding hydrogens is 316 g/mol. The van der Waals surface area contributed by atoms with Crippen LogP contribution in [0.2, 0.25) is 0 Å². The smallest absolute Gasteiger partial charge is 0.227 e.